The molecular formula is C32H44N4O7. The molecule has 0 bridgehead atoms. The van der Waals surface area contributed by atoms with Gasteiger partial charge in [0.05, 0.1) is 19.3 Å². The predicted octanol–water partition coefficient (Wildman–Crippen LogP) is 2.25. The molecule has 0 saturated carbocycles. The van der Waals surface area contributed by atoms with Crippen molar-refractivity contribution in [1.29, 1.82) is 0 Å². The number of hydrogen-bond donors (Lipinski definition) is 5. The van der Waals surface area contributed by atoms with Crippen LogP contribution in [0.15, 0.2) is 48.5 Å². The Bertz CT molecular complexity index is 1200. The third-order valence-electron chi connectivity index (χ3n) is 7.26. The maximum absolute atomic E-state index is 13.4. The molecule has 234 valence electrons. The number of rotatable bonds is 17. The van der Waals surface area contributed by atoms with Crippen molar-refractivity contribution in [3.63, 3.8) is 0 Å². The molecule has 1 heterocycles. The fourth-order valence-corrected chi connectivity index (χ4v) is 4.82. The highest BCUT2D eigenvalue weighted by atomic mass is 16.5. The standard InChI is InChI=1S/C32H44N4O7/c1-22-11-13-26(42-17-15-27-21-33-16-18-43-27)19-25(22)20-34-31(40)29(14-12-24-7-4-3-5-8-24)36-32(41)28(35-23(2)37)9-6-10-30(38)39/h3-5,7-8,11,13,19,27-29,33H,6,9-10,12,14-18,20-21H2,1-2H3,(H,34,40)(H,35,37)(H,36,41)(H,38,39)/t27?,28-,29-/m0/s1. The third-order valence-corrected chi connectivity index (χ3v) is 7.26. The van der Waals surface area contributed by atoms with Crippen LogP contribution in [0.2, 0.25) is 0 Å². The molecule has 0 aliphatic carbocycles. The Morgan fingerprint density at radius 3 is 2.51 bits per heavy atom. The van der Waals surface area contributed by atoms with Gasteiger partial charge in [0.1, 0.15) is 17.8 Å². The van der Waals surface area contributed by atoms with Crippen molar-refractivity contribution in [2.24, 2.45) is 0 Å². The molecule has 3 amide bonds. The Labute approximate surface area is 253 Å². The predicted molar refractivity (Wildman–Crippen MR) is 162 cm³/mol. The van der Waals surface area contributed by atoms with Crippen molar-refractivity contribution >= 4 is 23.7 Å². The topological polar surface area (TPSA) is 155 Å². The van der Waals surface area contributed by atoms with Gasteiger partial charge < -0.3 is 35.8 Å². The number of carboxylic acids is 1. The van der Waals surface area contributed by atoms with E-state index in [1.54, 1.807) is 0 Å². The van der Waals surface area contributed by atoms with Gasteiger partial charge in [-0.2, -0.15) is 0 Å². The molecule has 1 unspecified atom stereocenters. The molecule has 11 nitrogen and oxygen atoms in total. The maximum atomic E-state index is 13.4. The Balaban J connectivity index is 1.63. The summed E-state index contributed by atoms with van der Waals surface area (Å²) < 4.78 is 11.7. The summed E-state index contributed by atoms with van der Waals surface area (Å²) in [6, 6.07) is 13.6. The molecule has 2 aromatic rings. The molecule has 5 N–H and O–H groups in total. The second-order valence-electron chi connectivity index (χ2n) is 10.8. The van der Waals surface area contributed by atoms with Gasteiger partial charge in [-0.3, -0.25) is 19.2 Å². The van der Waals surface area contributed by atoms with E-state index in [1.165, 1.54) is 6.92 Å². The van der Waals surface area contributed by atoms with Gasteiger partial charge in [-0.15, -0.1) is 0 Å². The van der Waals surface area contributed by atoms with E-state index < -0.39 is 29.9 Å². The average Bonchev–Trinajstić information content (AvgIpc) is 2.99. The van der Waals surface area contributed by atoms with Crippen LogP contribution < -0.4 is 26.0 Å². The van der Waals surface area contributed by atoms with Crippen LogP contribution in [0.4, 0.5) is 0 Å². The molecule has 3 rings (SSSR count). The number of benzene rings is 2. The van der Waals surface area contributed by atoms with E-state index >= 15 is 0 Å². The summed E-state index contributed by atoms with van der Waals surface area (Å²) in [5.41, 5.74) is 2.89. The van der Waals surface area contributed by atoms with Crippen LogP contribution in [0.5, 0.6) is 5.75 Å². The molecule has 0 radical (unpaired) electrons. The van der Waals surface area contributed by atoms with E-state index in [1.807, 2.05) is 55.5 Å². The Hall–Kier alpha value is -3.96. The second-order valence-corrected chi connectivity index (χ2v) is 10.8. The van der Waals surface area contributed by atoms with Crippen LogP contribution in [-0.2, 0) is 36.9 Å². The zero-order chi connectivity index (χ0) is 31.0. The van der Waals surface area contributed by atoms with E-state index in [2.05, 4.69) is 21.3 Å². The van der Waals surface area contributed by atoms with Gasteiger partial charge in [-0.05, 0) is 61.4 Å². The lowest BCUT2D eigenvalue weighted by Gasteiger charge is -2.24. The minimum Gasteiger partial charge on any atom is -0.493 e. The van der Waals surface area contributed by atoms with Gasteiger partial charge >= 0.3 is 5.97 Å². The van der Waals surface area contributed by atoms with Crippen molar-refractivity contribution in [3.8, 4) is 5.75 Å². The second kappa shape index (κ2) is 17.9. The van der Waals surface area contributed by atoms with Gasteiger partial charge in [-0.25, -0.2) is 0 Å². The summed E-state index contributed by atoms with van der Waals surface area (Å²) in [6.45, 7) is 6.37. The molecule has 1 aliphatic heterocycles. The van der Waals surface area contributed by atoms with Crippen LogP contribution in [0.25, 0.3) is 0 Å². The van der Waals surface area contributed by atoms with E-state index in [4.69, 9.17) is 14.6 Å². The molecule has 43 heavy (non-hydrogen) atoms. The molecule has 11 heteroatoms. The molecule has 0 spiro atoms. The van der Waals surface area contributed by atoms with Gasteiger partial charge in [-0.1, -0.05) is 36.4 Å². The first kappa shape index (κ1) is 33.5. The van der Waals surface area contributed by atoms with E-state index in [-0.39, 0.29) is 37.8 Å². The highest BCUT2D eigenvalue weighted by Gasteiger charge is 2.26. The smallest absolute Gasteiger partial charge is 0.303 e. The van der Waals surface area contributed by atoms with Gasteiger partial charge in [0.15, 0.2) is 0 Å². The highest BCUT2D eigenvalue weighted by molar-refractivity contribution is 5.91. The quantitative estimate of drug-likeness (QED) is 0.186. The SMILES string of the molecule is CC(=O)N[C@@H](CCCC(=O)O)C(=O)N[C@@H](CCc1ccccc1)C(=O)NCc1cc(OCCC2CNCCO2)ccc1C. The van der Waals surface area contributed by atoms with Crippen LogP contribution in [-0.4, -0.2) is 73.3 Å². The zero-order valence-electron chi connectivity index (χ0n) is 25.0. The van der Waals surface area contributed by atoms with Gasteiger partial charge in [0, 0.05) is 39.4 Å². The Morgan fingerprint density at radius 1 is 1.05 bits per heavy atom. The number of morpholine rings is 1. The lowest BCUT2D eigenvalue weighted by molar-refractivity contribution is -0.137. The Morgan fingerprint density at radius 2 is 1.81 bits per heavy atom. The van der Waals surface area contributed by atoms with Crippen molar-refractivity contribution in [3.05, 3.63) is 65.2 Å². The number of hydrogen-bond acceptors (Lipinski definition) is 7. The van der Waals surface area contributed by atoms with Crippen molar-refractivity contribution < 1.29 is 33.8 Å². The zero-order valence-corrected chi connectivity index (χ0v) is 25.0. The van der Waals surface area contributed by atoms with Crippen LogP contribution in [0, 0.1) is 6.92 Å². The summed E-state index contributed by atoms with van der Waals surface area (Å²) in [5, 5.41) is 20.6. The molecule has 3 atom stereocenters. The van der Waals surface area contributed by atoms with Crippen molar-refractivity contribution in [1.82, 2.24) is 21.3 Å². The number of aryl methyl sites for hydroxylation is 2. The molecule has 0 aromatic heterocycles. The van der Waals surface area contributed by atoms with Crippen molar-refractivity contribution in [2.45, 2.75) is 77.1 Å². The lowest BCUT2D eigenvalue weighted by atomic mass is 10.0. The number of carbonyl (C=O) groups is 4. The number of amides is 3. The lowest BCUT2D eigenvalue weighted by Crippen LogP contribution is -2.53. The van der Waals surface area contributed by atoms with E-state index in [0.717, 1.165) is 36.2 Å². The summed E-state index contributed by atoms with van der Waals surface area (Å²) in [6.07, 6.45) is 2.00. The summed E-state index contributed by atoms with van der Waals surface area (Å²) in [4.78, 5) is 49.3. The minimum absolute atomic E-state index is 0.128. The number of carboxylic acid groups (broad SMARTS) is 1. The largest absolute Gasteiger partial charge is 0.493 e. The Kier molecular flexibility index (Phi) is 13.9. The summed E-state index contributed by atoms with van der Waals surface area (Å²) in [5.74, 6) is -1.59. The summed E-state index contributed by atoms with van der Waals surface area (Å²) in [7, 11) is 0. The summed E-state index contributed by atoms with van der Waals surface area (Å²) >= 11 is 0. The van der Waals surface area contributed by atoms with Crippen LogP contribution >= 0.6 is 0 Å². The van der Waals surface area contributed by atoms with Crippen LogP contribution in [0.3, 0.4) is 0 Å². The highest BCUT2D eigenvalue weighted by Crippen LogP contribution is 2.18. The molecular weight excluding hydrogens is 552 g/mol. The maximum Gasteiger partial charge on any atom is 0.303 e. The fraction of sp³-hybridized carbons (Fsp3) is 0.500. The first-order valence-corrected chi connectivity index (χ1v) is 14.9. The molecule has 1 saturated heterocycles. The number of ether oxygens (including phenoxy) is 2. The van der Waals surface area contributed by atoms with Crippen molar-refractivity contribution in [2.75, 3.05) is 26.3 Å². The third kappa shape index (κ3) is 12.4. The number of aliphatic carboxylic acids is 1. The number of nitrogens with one attached hydrogen (secondary N) is 4. The normalized spacial score (nSPS) is 16.0. The van der Waals surface area contributed by atoms with E-state index in [0.29, 0.717) is 31.8 Å². The minimum atomic E-state index is -0.984. The molecule has 1 aliphatic rings. The van der Waals surface area contributed by atoms with Gasteiger partial charge in [0.2, 0.25) is 17.7 Å². The van der Waals surface area contributed by atoms with E-state index in [9.17, 15) is 19.2 Å². The first-order chi connectivity index (χ1) is 20.7. The molecule has 1 fully saturated rings. The first-order valence-electron chi connectivity index (χ1n) is 14.9. The fourth-order valence-electron chi connectivity index (χ4n) is 4.82. The molecule has 2 aromatic carbocycles. The van der Waals surface area contributed by atoms with Crippen LogP contribution in [0.1, 0.15) is 55.7 Å². The average molecular weight is 597 g/mol. The number of carbonyl (C=O) groups excluding carboxylic acids is 3. The monoisotopic (exact) mass is 596 g/mol. The van der Waals surface area contributed by atoms with Gasteiger partial charge in [0.25, 0.3) is 0 Å².